The number of nitrogens with zero attached hydrogens (tertiary/aromatic N) is 3. The summed E-state index contributed by atoms with van der Waals surface area (Å²) in [7, 11) is 0. The number of hydrogen-bond acceptors (Lipinski definition) is 5. The normalized spacial score (nSPS) is 24.6. The molecule has 0 aromatic carbocycles. The molecular weight excluding hydrogens is 326 g/mol. The molecule has 6 nitrogen and oxygen atoms in total. The summed E-state index contributed by atoms with van der Waals surface area (Å²) in [6.07, 6.45) is 7.89. The van der Waals surface area contributed by atoms with Gasteiger partial charge in [0.1, 0.15) is 5.82 Å². The van der Waals surface area contributed by atoms with Crippen LogP contribution in [0, 0.1) is 5.92 Å². The molecule has 1 saturated heterocycles. The number of carbonyl (C=O) groups is 1. The molecule has 1 aliphatic carbocycles. The Labute approximate surface area is 156 Å². The highest BCUT2D eigenvalue weighted by molar-refractivity contribution is 5.97. The predicted molar refractivity (Wildman–Crippen MR) is 107 cm³/mol. The standard InChI is InChI=1S/C20H25N5O.2H2/c1-12-9-22-20-18(12)19-15(10-23-20)21-6-4-16(19)25-7-5-14(11-25)24-17(26)8-13-2-3-13;;/h4,6,10,12-14H,2-3,5,7-9,11H2,1H3,(H,22,23)(H,24,26);2*1H. The zero-order valence-electron chi connectivity index (χ0n) is 15.2. The molecule has 2 fully saturated rings. The average Bonchev–Trinajstić information content (AvgIpc) is 3.19. The number of rotatable bonds is 4. The van der Waals surface area contributed by atoms with E-state index in [9.17, 15) is 4.79 Å². The fourth-order valence-corrected chi connectivity index (χ4v) is 4.36. The van der Waals surface area contributed by atoms with E-state index in [0.717, 1.165) is 37.4 Å². The third-order valence-electron chi connectivity index (χ3n) is 5.93. The lowest BCUT2D eigenvalue weighted by Gasteiger charge is -2.22. The Morgan fingerprint density at radius 2 is 2.27 bits per heavy atom. The topological polar surface area (TPSA) is 70.2 Å². The second kappa shape index (κ2) is 6.11. The second-order valence-electron chi connectivity index (χ2n) is 8.04. The Hall–Kier alpha value is -2.37. The number of anilines is 2. The lowest BCUT2D eigenvalue weighted by Crippen LogP contribution is -2.37. The Morgan fingerprint density at radius 1 is 1.38 bits per heavy atom. The van der Waals surface area contributed by atoms with E-state index >= 15 is 0 Å². The summed E-state index contributed by atoms with van der Waals surface area (Å²) in [4.78, 5) is 23.6. The smallest absolute Gasteiger partial charge is 0.220 e. The summed E-state index contributed by atoms with van der Waals surface area (Å²) in [5.41, 5.74) is 3.47. The van der Waals surface area contributed by atoms with Gasteiger partial charge in [0.2, 0.25) is 5.91 Å². The zero-order chi connectivity index (χ0) is 17.7. The van der Waals surface area contributed by atoms with E-state index in [4.69, 9.17) is 0 Å². The van der Waals surface area contributed by atoms with Gasteiger partial charge >= 0.3 is 0 Å². The molecule has 4 heterocycles. The molecule has 140 valence electrons. The van der Waals surface area contributed by atoms with E-state index in [2.05, 4.69) is 38.5 Å². The van der Waals surface area contributed by atoms with Crippen LogP contribution in [0.25, 0.3) is 10.9 Å². The molecular formula is C20H29N5O. The first-order valence-electron chi connectivity index (χ1n) is 9.75. The van der Waals surface area contributed by atoms with Crippen LogP contribution in [0.15, 0.2) is 18.5 Å². The zero-order valence-corrected chi connectivity index (χ0v) is 15.2. The lowest BCUT2D eigenvalue weighted by atomic mass is 9.99. The van der Waals surface area contributed by atoms with E-state index < -0.39 is 0 Å². The third-order valence-corrected chi connectivity index (χ3v) is 5.93. The molecule has 0 bridgehead atoms. The van der Waals surface area contributed by atoms with Crippen molar-refractivity contribution in [2.45, 2.75) is 44.6 Å². The number of nitrogens with one attached hydrogen (secondary N) is 2. The highest BCUT2D eigenvalue weighted by atomic mass is 16.1. The average molecular weight is 355 g/mol. The monoisotopic (exact) mass is 355 g/mol. The summed E-state index contributed by atoms with van der Waals surface area (Å²) >= 11 is 0. The molecule has 2 aliphatic heterocycles. The van der Waals surface area contributed by atoms with Crippen molar-refractivity contribution in [3.8, 4) is 0 Å². The first kappa shape index (κ1) is 15.9. The van der Waals surface area contributed by atoms with Crippen molar-refractivity contribution in [1.82, 2.24) is 15.3 Å². The van der Waals surface area contributed by atoms with E-state index in [1.54, 1.807) is 0 Å². The maximum Gasteiger partial charge on any atom is 0.220 e. The molecule has 2 aromatic rings. The van der Waals surface area contributed by atoms with E-state index in [1.807, 2.05) is 12.4 Å². The second-order valence-corrected chi connectivity index (χ2v) is 8.04. The Morgan fingerprint density at radius 3 is 3.12 bits per heavy atom. The highest BCUT2D eigenvalue weighted by Crippen LogP contribution is 2.40. The molecule has 2 aromatic heterocycles. The van der Waals surface area contributed by atoms with Crippen LogP contribution in [-0.2, 0) is 4.79 Å². The van der Waals surface area contributed by atoms with Crippen molar-refractivity contribution in [2.75, 3.05) is 29.9 Å². The lowest BCUT2D eigenvalue weighted by molar-refractivity contribution is -0.122. The van der Waals surface area contributed by atoms with E-state index in [0.29, 0.717) is 18.3 Å². The predicted octanol–water partition coefficient (Wildman–Crippen LogP) is 3.15. The van der Waals surface area contributed by atoms with Gasteiger partial charge in [-0.1, -0.05) is 6.92 Å². The first-order chi connectivity index (χ1) is 12.7. The SMILES string of the molecule is CC1CNc2ncc3nccc(N4CCC(NC(=O)CC5CC5)C4)c3c21.[HH].[HH]. The molecule has 3 aliphatic rings. The van der Waals surface area contributed by atoms with Crippen LogP contribution in [0.1, 0.15) is 46.9 Å². The molecule has 1 saturated carbocycles. The molecule has 5 rings (SSSR count). The molecule has 26 heavy (non-hydrogen) atoms. The molecule has 2 unspecified atom stereocenters. The van der Waals surface area contributed by atoms with Crippen LogP contribution in [0.4, 0.5) is 11.5 Å². The van der Waals surface area contributed by atoms with Gasteiger partial charge < -0.3 is 15.5 Å². The van der Waals surface area contributed by atoms with Crippen molar-refractivity contribution in [1.29, 1.82) is 0 Å². The number of fused-ring (bicyclic) bond motifs is 3. The number of carbonyl (C=O) groups excluding carboxylic acids is 1. The van der Waals surface area contributed by atoms with Gasteiger partial charge in [0.05, 0.1) is 11.7 Å². The van der Waals surface area contributed by atoms with Gasteiger partial charge in [0, 0.05) is 63.7 Å². The molecule has 2 N–H and O–H groups in total. The Balaban J connectivity index is 0.00000112. The molecule has 2 atom stereocenters. The largest absolute Gasteiger partial charge is 0.369 e. The highest BCUT2D eigenvalue weighted by Gasteiger charge is 2.30. The molecule has 0 spiro atoms. The molecule has 6 heteroatoms. The van der Waals surface area contributed by atoms with Gasteiger partial charge in [-0.05, 0) is 31.2 Å². The van der Waals surface area contributed by atoms with Gasteiger partial charge in [0.25, 0.3) is 0 Å². The summed E-state index contributed by atoms with van der Waals surface area (Å²) in [5, 5.41) is 7.86. The van der Waals surface area contributed by atoms with E-state index in [1.165, 1.54) is 29.5 Å². The number of amides is 1. The Kier molecular flexibility index (Phi) is 3.72. The number of pyridine rings is 2. The van der Waals surface area contributed by atoms with Crippen molar-refractivity contribution >= 4 is 28.3 Å². The van der Waals surface area contributed by atoms with Crippen molar-refractivity contribution in [3.05, 3.63) is 24.0 Å². The maximum atomic E-state index is 12.1. The van der Waals surface area contributed by atoms with Gasteiger partial charge in [-0.15, -0.1) is 0 Å². The van der Waals surface area contributed by atoms with Crippen molar-refractivity contribution in [2.24, 2.45) is 5.92 Å². The maximum absolute atomic E-state index is 12.1. The van der Waals surface area contributed by atoms with Crippen molar-refractivity contribution < 1.29 is 7.65 Å². The van der Waals surface area contributed by atoms with Crippen LogP contribution < -0.4 is 15.5 Å². The first-order valence-corrected chi connectivity index (χ1v) is 9.75. The fourth-order valence-electron chi connectivity index (χ4n) is 4.36. The summed E-state index contributed by atoms with van der Waals surface area (Å²) in [6.45, 7) is 5.00. The summed E-state index contributed by atoms with van der Waals surface area (Å²) < 4.78 is 0. The number of aromatic nitrogens is 2. The van der Waals surface area contributed by atoms with Gasteiger partial charge in [-0.2, -0.15) is 0 Å². The Bertz CT molecular complexity index is 873. The van der Waals surface area contributed by atoms with Crippen molar-refractivity contribution in [3.63, 3.8) is 0 Å². The van der Waals surface area contributed by atoms with Gasteiger partial charge in [0.15, 0.2) is 0 Å². The molecule has 1 amide bonds. The minimum atomic E-state index is 0. The quantitative estimate of drug-likeness (QED) is 0.882. The van der Waals surface area contributed by atoms with Gasteiger partial charge in [-0.3, -0.25) is 9.78 Å². The third kappa shape index (κ3) is 2.77. The fraction of sp³-hybridized carbons (Fsp3) is 0.550. The van der Waals surface area contributed by atoms with Crippen LogP contribution in [0.5, 0.6) is 0 Å². The van der Waals surface area contributed by atoms with Crippen LogP contribution in [0.2, 0.25) is 0 Å². The van der Waals surface area contributed by atoms with Crippen LogP contribution in [0.3, 0.4) is 0 Å². The summed E-state index contributed by atoms with van der Waals surface area (Å²) in [6, 6.07) is 2.36. The minimum absolute atomic E-state index is 0. The van der Waals surface area contributed by atoms with Crippen LogP contribution in [-0.4, -0.2) is 41.6 Å². The summed E-state index contributed by atoms with van der Waals surface area (Å²) in [5.74, 6) is 2.29. The van der Waals surface area contributed by atoms with Crippen LogP contribution >= 0.6 is 0 Å². The molecule has 0 radical (unpaired) electrons. The number of hydrogen-bond donors (Lipinski definition) is 2. The minimum Gasteiger partial charge on any atom is -0.369 e. The van der Waals surface area contributed by atoms with E-state index in [-0.39, 0.29) is 14.8 Å². The van der Waals surface area contributed by atoms with Gasteiger partial charge in [-0.25, -0.2) is 4.98 Å².